The summed E-state index contributed by atoms with van der Waals surface area (Å²) in [5.41, 5.74) is 3.66. The highest BCUT2D eigenvalue weighted by Crippen LogP contribution is 2.25. The molecule has 1 aliphatic rings. The number of carbonyl (C=O) groups excluding carboxylic acids is 1. The van der Waals surface area contributed by atoms with Crippen LogP contribution in [0.4, 0.5) is 5.69 Å². The highest BCUT2D eigenvalue weighted by Gasteiger charge is 2.24. The van der Waals surface area contributed by atoms with Crippen LogP contribution in [0.25, 0.3) is 0 Å². The number of rotatable bonds is 4. The van der Waals surface area contributed by atoms with Crippen LogP contribution >= 0.6 is 0 Å². The first-order valence-electron chi connectivity index (χ1n) is 8.47. The molecular formula is C20H25N3O. The van der Waals surface area contributed by atoms with Gasteiger partial charge in [0.25, 0.3) is 0 Å². The Labute approximate surface area is 144 Å². The second-order valence-electron chi connectivity index (χ2n) is 6.53. The number of likely N-dealkylation sites (N-methyl/N-ethyl adjacent to an activating group) is 1. The molecule has 0 aromatic heterocycles. The van der Waals surface area contributed by atoms with Crippen LogP contribution in [0.3, 0.4) is 0 Å². The smallest absolute Gasteiger partial charge is 0.234 e. The Hall–Kier alpha value is -2.33. The number of hydrogen-bond donors (Lipinski definition) is 1. The first-order valence-corrected chi connectivity index (χ1v) is 8.47. The van der Waals surface area contributed by atoms with Crippen molar-refractivity contribution in [3.05, 3.63) is 65.7 Å². The first-order chi connectivity index (χ1) is 11.6. The molecule has 0 aliphatic carbocycles. The summed E-state index contributed by atoms with van der Waals surface area (Å²) < 4.78 is 0. The molecule has 0 radical (unpaired) electrons. The Balaban J connectivity index is 1.62. The second kappa shape index (κ2) is 7.49. The van der Waals surface area contributed by atoms with Gasteiger partial charge < -0.3 is 10.2 Å². The zero-order valence-electron chi connectivity index (χ0n) is 14.4. The fourth-order valence-corrected chi connectivity index (χ4v) is 3.25. The number of fused-ring (bicyclic) bond motifs is 1. The van der Waals surface area contributed by atoms with Crippen molar-refractivity contribution in [1.82, 2.24) is 10.2 Å². The highest BCUT2D eigenvalue weighted by molar-refractivity contribution is 5.78. The number of nitrogens with zero attached hydrogens (tertiary/aromatic N) is 2. The van der Waals surface area contributed by atoms with Gasteiger partial charge >= 0.3 is 0 Å². The Morgan fingerprint density at radius 3 is 2.62 bits per heavy atom. The molecule has 126 valence electrons. The van der Waals surface area contributed by atoms with Crippen LogP contribution in [0.1, 0.15) is 18.1 Å². The van der Waals surface area contributed by atoms with Crippen molar-refractivity contribution >= 4 is 11.6 Å². The van der Waals surface area contributed by atoms with Gasteiger partial charge in [-0.2, -0.15) is 0 Å². The first kappa shape index (κ1) is 16.5. The minimum atomic E-state index is 0.0766. The van der Waals surface area contributed by atoms with E-state index in [9.17, 15) is 4.79 Å². The number of amides is 1. The van der Waals surface area contributed by atoms with E-state index in [4.69, 9.17) is 0 Å². The largest absolute Gasteiger partial charge is 0.373 e. The van der Waals surface area contributed by atoms with Gasteiger partial charge in [-0.25, -0.2) is 0 Å². The fraction of sp³-hybridized carbons (Fsp3) is 0.350. The summed E-state index contributed by atoms with van der Waals surface area (Å²) in [6, 6.07) is 18.8. The quantitative estimate of drug-likeness (QED) is 0.939. The molecule has 0 bridgehead atoms. The molecule has 0 fully saturated rings. The summed E-state index contributed by atoms with van der Waals surface area (Å²) in [6.07, 6.45) is 0. The lowest BCUT2D eigenvalue weighted by molar-refractivity contribution is -0.123. The van der Waals surface area contributed by atoms with Crippen LogP contribution < -0.4 is 10.2 Å². The topological polar surface area (TPSA) is 35.6 Å². The van der Waals surface area contributed by atoms with Gasteiger partial charge in [0.15, 0.2) is 0 Å². The van der Waals surface area contributed by atoms with Gasteiger partial charge in [-0.05, 0) is 24.1 Å². The van der Waals surface area contributed by atoms with Crippen molar-refractivity contribution in [3.8, 4) is 0 Å². The molecule has 1 amide bonds. The fourth-order valence-electron chi connectivity index (χ4n) is 3.25. The maximum atomic E-state index is 12.4. The van der Waals surface area contributed by atoms with Gasteiger partial charge in [0.1, 0.15) is 0 Å². The van der Waals surface area contributed by atoms with Crippen molar-refractivity contribution in [2.75, 3.05) is 25.0 Å². The zero-order valence-corrected chi connectivity index (χ0v) is 14.4. The molecular weight excluding hydrogens is 298 g/mol. The van der Waals surface area contributed by atoms with Gasteiger partial charge in [0.05, 0.1) is 6.54 Å². The third-order valence-electron chi connectivity index (χ3n) is 4.62. The summed E-state index contributed by atoms with van der Waals surface area (Å²) in [6.45, 7) is 4.92. The molecule has 4 nitrogen and oxygen atoms in total. The second-order valence-corrected chi connectivity index (χ2v) is 6.53. The van der Waals surface area contributed by atoms with E-state index in [1.807, 2.05) is 30.3 Å². The molecule has 0 saturated carbocycles. The number of para-hydroxylation sites is 1. The lowest BCUT2D eigenvalue weighted by Crippen LogP contribution is -2.43. The normalized spacial score (nSPS) is 17.9. The van der Waals surface area contributed by atoms with Gasteiger partial charge in [0, 0.05) is 38.4 Å². The predicted molar refractivity (Wildman–Crippen MR) is 97.9 cm³/mol. The van der Waals surface area contributed by atoms with Crippen LogP contribution in [0.2, 0.25) is 0 Å². The van der Waals surface area contributed by atoms with Crippen molar-refractivity contribution < 1.29 is 4.79 Å². The molecule has 0 saturated heterocycles. The Morgan fingerprint density at radius 1 is 1.12 bits per heavy atom. The number of benzene rings is 2. The van der Waals surface area contributed by atoms with E-state index in [1.165, 1.54) is 11.3 Å². The maximum Gasteiger partial charge on any atom is 0.234 e. The van der Waals surface area contributed by atoms with E-state index in [0.29, 0.717) is 19.1 Å². The molecule has 3 rings (SSSR count). The summed E-state index contributed by atoms with van der Waals surface area (Å²) in [4.78, 5) is 16.9. The number of nitrogens with one attached hydrogen (secondary N) is 1. The van der Waals surface area contributed by atoms with Gasteiger partial charge in [-0.15, -0.1) is 0 Å². The molecule has 2 aromatic carbocycles. The van der Waals surface area contributed by atoms with Crippen molar-refractivity contribution in [1.29, 1.82) is 0 Å². The molecule has 1 atom stereocenters. The maximum absolute atomic E-state index is 12.4. The molecule has 1 aliphatic heterocycles. The summed E-state index contributed by atoms with van der Waals surface area (Å²) in [5, 5.41) is 3.03. The van der Waals surface area contributed by atoms with E-state index in [0.717, 1.165) is 18.7 Å². The standard InChI is InChI=1S/C20H25N3O/c1-16-13-22(2)19-11-7-6-10-18(19)14-23(16)15-20(24)21-12-17-8-4-3-5-9-17/h3-11,16H,12-15H2,1-2H3,(H,21,24)/t16-/m1/s1. The van der Waals surface area contributed by atoms with Crippen LogP contribution in [-0.4, -0.2) is 37.0 Å². The van der Waals surface area contributed by atoms with Crippen LogP contribution in [0, 0.1) is 0 Å². The van der Waals surface area contributed by atoms with Crippen molar-refractivity contribution in [2.24, 2.45) is 0 Å². The number of carbonyl (C=O) groups is 1. The van der Waals surface area contributed by atoms with E-state index in [-0.39, 0.29) is 5.91 Å². The molecule has 4 heteroatoms. The van der Waals surface area contributed by atoms with Gasteiger partial charge in [-0.1, -0.05) is 48.5 Å². The summed E-state index contributed by atoms with van der Waals surface area (Å²) >= 11 is 0. The lowest BCUT2D eigenvalue weighted by atomic mass is 10.1. The Bertz CT molecular complexity index is 686. The van der Waals surface area contributed by atoms with Crippen LogP contribution in [0.5, 0.6) is 0 Å². The van der Waals surface area contributed by atoms with E-state index in [1.54, 1.807) is 0 Å². The average Bonchev–Trinajstić information content (AvgIpc) is 2.71. The molecule has 1 N–H and O–H groups in total. The summed E-state index contributed by atoms with van der Waals surface area (Å²) in [7, 11) is 2.12. The van der Waals surface area contributed by atoms with E-state index in [2.05, 4.69) is 53.4 Å². The van der Waals surface area contributed by atoms with Crippen LogP contribution in [-0.2, 0) is 17.9 Å². The third kappa shape index (κ3) is 3.95. The molecule has 2 aromatic rings. The number of anilines is 1. The Kier molecular flexibility index (Phi) is 5.16. The molecule has 24 heavy (non-hydrogen) atoms. The molecule has 1 heterocycles. The number of hydrogen-bond acceptors (Lipinski definition) is 3. The van der Waals surface area contributed by atoms with Gasteiger partial charge in [0.2, 0.25) is 5.91 Å². The van der Waals surface area contributed by atoms with Gasteiger partial charge in [-0.3, -0.25) is 9.69 Å². The monoisotopic (exact) mass is 323 g/mol. The van der Waals surface area contributed by atoms with Crippen molar-refractivity contribution in [3.63, 3.8) is 0 Å². The third-order valence-corrected chi connectivity index (χ3v) is 4.62. The molecule has 0 spiro atoms. The lowest BCUT2D eigenvalue weighted by Gasteiger charge is -2.27. The minimum absolute atomic E-state index is 0.0766. The zero-order chi connectivity index (χ0) is 16.9. The highest BCUT2D eigenvalue weighted by atomic mass is 16.2. The average molecular weight is 323 g/mol. The van der Waals surface area contributed by atoms with Crippen molar-refractivity contribution in [2.45, 2.75) is 26.1 Å². The Morgan fingerprint density at radius 2 is 1.83 bits per heavy atom. The molecule has 0 unspecified atom stereocenters. The predicted octanol–water partition coefficient (Wildman–Crippen LogP) is 2.64. The van der Waals surface area contributed by atoms with E-state index < -0.39 is 0 Å². The van der Waals surface area contributed by atoms with Crippen LogP contribution in [0.15, 0.2) is 54.6 Å². The SMILES string of the molecule is C[C@@H]1CN(C)c2ccccc2CN1CC(=O)NCc1ccccc1. The summed E-state index contributed by atoms with van der Waals surface area (Å²) in [5.74, 6) is 0.0766. The van der Waals surface area contributed by atoms with E-state index >= 15 is 0 Å². The minimum Gasteiger partial charge on any atom is -0.373 e.